The molecule has 1 unspecified atom stereocenters. The van der Waals surface area contributed by atoms with Gasteiger partial charge >= 0.3 is 5.69 Å². The van der Waals surface area contributed by atoms with Crippen LogP contribution in [0.25, 0.3) is 0 Å². The summed E-state index contributed by atoms with van der Waals surface area (Å²) in [5.74, 6) is 0.0635. The Morgan fingerprint density at radius 2 is 2.30 bits per heavy atom. The van der Waals surface area contributed by atoms with Gasteiger partial charge in [-0.2, -0.15) is 0 Å². The number of ether oxygens (including phenoxy) is 1. The molecule has 0 bridgehead atoms. The summed E-state index contributed by atoms with van der Waals surface area (Å²) in [7, 11) is 0. The van der Waals surface area contributed by atoms with Crippen molar-refractivity contribution in [2.75, 3.05) is 18.5 Å². The molecule has 2 heterocycles. The number of nitrogens with zero attached hydrogens (tertiary/aromatic N) is 1. The van der Waals surface area contributed by atoms with Crippen LogP contribution in [0, 0.1) is 10.1 Å². The molecule has 1 atom stereocenters. The number of fused-ring (bicyclic) bond motifs is 1. The molecule has 1 aromatic carbocycles. The zero-order valence-corrected chi connectivity index (χ0v) is 10.8. The van der Waals surface area contributed by atoms with Crippen LogP contribution in [0.2, 0.25) is 0 Å². The van der Waals surface area contributed by atoms with Crippen molar-refractivity contribution in [3.63, 3.8) is 0 Å². The van der Waals surface area contributed by atoms with E-state index in [1.165, 1.54) is 6.07 Å². The van der Waals surface area contributed by atoms with Crippen LogP contribution in [0.3, 0.4) is 0 Å². The molecular weight excluding hydrogens is 262 g/mol. The third-order valence-corrected chi connectivity index (χ3v) is 3.61. The van der Waals surface area contributed by atoms with Crippen molar-refractivity contribution in [3.8, 4) is 5.75 Å². The molecule has 106 valence electrons. The van der Waals surface area contributed by atoms with Crippen LogP contribution in [0.4, 0.5) is 11.4 Å². The third kappa shape index (κ3) is 2.44. The number of anilines is 1. The van der Waals surface area contributed by atoms with E-state index in [1.807, 2.05) is 0 Å². The fourth-order valence-electron chi connectivity index (χ4n) is 2.59. The summed E-state index contributed by atoms with van der Waals surface area (Å²) in [5, 5.41) is 17.0. The number of nitro groups is 1. The maximum absolute atomic E-state index is 11.3. The van der Waals surface area contributed by atoms with E-state index in [-0.39, 0.29) is 29.8 Å². The maximum atomic E-state index is 11.3. The molecule has 0 saturated carbocycles. The Bertz CT molecular complexity index is 567. The molecule has 7 nitrogen and oxygen atoms in total. The molecule has 1 fully saturated rings. The molecule has 1 aromatic rings. The number of nitro benzene ring substituents is 1. The molecule has 0 radical (unpaired) electrons. The standard InChI is InChI=1S/C13H15N3O4/c17-13-5-8-4-11(16(18)19)12(6-10(8)15-13)20-7-9-2-1-3-14-9/h4,6,9,14H,1-3,5,7H2,(H,15,17). The number of hydrogen-bond donors (Lipinski definition) is 2. The lowest BCUT2D eigenvalue weighted by Gasteiger charge is -2.13. The summed E-state index contributed by atoms with van der Waals surface area (Å²) >= 11 is 0. The van der Waals surface area contributed by atoms with Gasteiger partial charge in [0.05, 0.1) is 11.3 Å². The normalized spacial score (nSPS) is 20.6. The van der Waals surface area contributed by atoms with Gasteiger partial charge in [-0.1, -0.05) is 0 Å². The Balaban J connectivity index is 1.82. The minimum Gasteiger partial charge on any atom is -0.485 e. The van der Waals surface area contributed by atoms with E-state index in [0.29, 0.717) is 17.9 Å². The van der Waals surface area contributed by atoms with Gasteiger partial charge in [-0.05, 0) is 24.9 Å². The van der Waals surface area contributed by atoms with E-state index in [4.69, 9.17) is 4.74 Å². The van der Waals surface area contributed by atoms with Crippen LogP contribution in [-0.2, 0) is 11.2 Å². The van der Waals surface area contributed by atoms with Gasteiger partial charge in [0.1, 0.15) is 6.61 Å². The summed E-state index contributed by atoms with van der Waals surface area (Å²) in [6.45, 7) is 1.35. The molecule has 2 N–H and O–H groups in total. The molecule has 0 aromatic heterocycles. The van der Waals surface area contributed by atoms with Gasteiger partial charge in [-0.15, -0.1) is 0 Å². The lowest BCUT2D eigenvalue weighted by atomic mass is 10.1. The van der Waals surface area contributed by atoms with Gasteiger partial charge in [-0.25, -0.2) is 0 Å². The second kappa shape index (κ2) is 5.09. The molecule has 1 saturated heterocycles. The maximum Gasteiger partial charge on any atom is 0.311 e. The van der Waals surface area contributed by atoms with Crippen LogP contribution in [-0.4, -0.2) is 30.0 Å². The van der Waals surface area contributed by atoms with Crippen molar-refractivity contribution in [2.45, 2.75) is 25.3 Å². The van der Waals surface area contributed by atoms with Crippen molar-refractivity contribution < 1.29 is 14.5 Å². The average molecular weight is 277 g/mol. The zero-order chi connectivity index (χ0) is 14.1. The van der Waals surface area contributed by atoms with E-state index in [1.54, 1.807) is 6.07 Å². The Labute approximate surface area is 115 Å². The van der Waals surface area contributed by atoms with Crippen molar-refractivity contribution in [3.05, 3.63) is 27.8 Å². The van der Waals surface area contributed by atoms with Gasteiger partial charge in [0.15, 0.2) is 5.75 Å². The lowest BCUT2D eigenvalue weighted by molar-refractivity contribution is -0.385. The van der Waals surface area contributed by atoms with Crippen molar-refractivity contribution in [1.82, 2.24) is 5.32 Å². The number of benzene rings is 1. The summed E-state index contributed by atoms with van der Waals surface area (Å²) in [6, 6.07) is 3.20. The molecule has 2 aliphatic rings. The molecule has 1 amide bonds. The Hall–Kier alpha value is -2.15. The topological polar surface area (TPSA) is 93.5 Å². The van der Waals surface area contributed by atoms with Crippen molar-refractivity contribution in [1.29, 1.82) is 0 Å². The van der Waals surface area contributed by atoms with Crippen LogP contribution >= 0.6 is 0 Å². The van der Waals surface area contributed by atoms with Gasteiger partial charge in [-0.3, -0.25) is 14.9 Å². The van der Waals surface area contributed by atoms with E-state index < -0.39 is 4.92 Å². The monoisotopic (exact) mass is 277 g/mol. The first-order valence-electron chi connectivity index (χ1n) is 6.61. The highest BCUT2D eigenvalue weighted by molar-refractivity contribution is 5.99. The van der Waals surface area contributed by atoms with Crippen LogP contribution < -0.4 is 15.4 Å². The van der Waals surface area contributed by atoms with Crippen molar-refractivity contribution >= 4 is 17.3 Å². The summed E-state index contributed by atoms with van der Waals surface area (Å²) in [4.78, 5) is 22.0. The Morgan fingerprint density at radius 3 is 3.00 bits per heavy atom. The minimum atomic E-state index is -0.472. The first-order valence-corrected chi connectivity index (χ1v) is 6.61. The molecule has 3 rings (SSSR count). The zero-order valence-electron chi connectivity index (χ0n) is 10.8. The van der Waals surface area contributed by atoms with Crippen LogP contribution in [0.15, 0.2) is 12.1 Å². The highest BCUT2D eigenvalue weighted by Gasteiger charge is 2.26. The predicted octanol–water partition coefficient (Wildman–Crippen LogP) is 1.22. The van der Waals surface area contributed by atoms with E-state index in [2.05, 4.69) is 10.6 Å². The molecular formula is C13H15N3O4. The number of carbonyl (C=O) groups excluding carboxylic acids is 1. The fraction of sp³-hybridized carbons (Fsp3) is 0.462. The molecule has 0 aliphatic carbocycles. The largest absolute Gasteiger partial charge is 0.485 e. The minimum absolute atomic E-state index is 0.0850. The Kier molecular flexibility index (Phi) is 3.27. The molecule has 20 heavy (non-hydrogen) atoms. The Morgan fingerprint density at radius 1 is 1.45 bits per heavy atom. The summed E-state index contributed by atoms with van der Waals surface area (Å²) < 4.78 is 5.59. The number of rotatable bonds is 4. The van der Waals surface area contributed by atoms with Gasteiger partial charge in [0.25, 0.3) is 0 Å². The number of amides is 1. The van der Waals surface area contributed by atoms with Crippen molar-refractivity contribution in [2.24, 2.45) is 0 Å². The SMILES string of the molecule is O=C1Cc2cc([N+](=O)[O-])c(OCC3CCCN3)cc2N1. The van der Waals surface area contributed by atoms with E-state index in [0.717, 1.165) is 19.4 Å². The predicted molar refractivity (Wildman–Crippen MR) is 71.9 cm³/mol. The van der Waals surface area contributed by atoms with Gasteiger partial charge < -0.3 is 15.4 Å². The highest BCUT2D eigenvalue weighted by Crippen LogP contribution is 2.36. The first kappa shape index (κ1) is 12.9. The van der Waals surface area contributed by atoms with E-state index >= 15 is 0 Å². The third-order valence-electron chi connectivity index (χ3n) is 3.61. The summed E-state index contributed by atoms with van der Waals surface area (Å²) in [6.07, 6.45) is 2.28. The summed E-state index contributed by atoms with van der Waals surface area (Å²) in [5.41, 5.74) is 1.17. The second-order valence-electron chi connectivity index (χ2n) is 5.06. The lowest BCUT2D eigenvalue weighted by Crippen LogP contribution is -2.28. The smallest absolute Gasteiger partial charge is 0.311 e. The quantitative estimate of drug-likeness (QED) is 0.637. The number of hydrogen-bond acceptors (Lipinski definition) is 5. The molecule has 2 aliphatic heterocycles. The molecule has 7 heteroatoms. The number of carbonyl (C=O) groups is 1. The van der Waals surface area contributed by atoms with Gasteiger partial charge in [0.2, 0.25) is 5.91 Å². The van der Waals surface area contributed by atoms with E-state index in [9.17, 15) is 14.9 Å². The molecule has 0 spiro atoms. The van der Waals surface area contributed by atoms with Crippen LogP contribution in [0.1, 0.15) is 18.4 Å². The average Bonchev–Trinajstić information content (AvgIpc) is 3.02. The second-order valence-corrected chi connectivity index (χ2v) is 5.06. The highest BCUT2D eigenvalue weighted by atomic mass is 16.6. The van der Waals surface area contributed by atoms with Crippen LogP contribution in [0.5, 0.6) is 5.75 Å². The number of nitrogens with one attached hydrogen (secondary N) is 2. The fourth-order valence-corrected chi connectivity index (χ4v) is 2.59. The van der Waals surface area contributed by atoms with Gasteiger partial charge in [0, 0.05) is 23.9 Å². The first-order chi connectivity index (χ1) is 9.63.